The minimum atomic E-state index is 0.111. The molecule has 0 aliphatic carbocycles. The van der Waals surface area contributed by atoms with Gasteiger partial charge in [0.05, 0.1) is 5.52 Å². The maximum atomic E-state index is 12.0. The van der Waals surface area contributed by atoms with Crippen molar-refractivity contribution in [2.75, 3.05) is 0 Å². The quantitative estimate of drug-likeness (QED) is 0.789. The van der Waals surface area contributed by atoms with Gasteiger partial charge in [0.25, 0.3) is 0 Å². The summed E-state index contributed by atoms with van der Waals surface area (Å²) in [7, 11) is 0. The van der Waals surface area contributed by atoms with Crippen molar-refractivity contribution >= 4 is 22.5 Å². The highest BCUT2D eigenvalue weighted by Gasteiger charge is 2.07. The van der Waals surface area contributed by atoms with Crippen LogP contribution in [0.4, 0.5) is 0 Å². The van der Waals surface area contributed by atoms with Crippen LogP contribution < -0.4 is 5.43 Å². The number of hydrogen-bond acceptors (Lipinski definition) is 1. The highest BCUT2D eigenvalue weighted by molar-refractivity contribution is 6.31. The number of hydrogen-bond donors (Lipinski definition) is 1. The predicted molar refractivity (Wildman–Crippen MR) is 63.7 cm³/mol. The minimum absolute atomic E-state index is 0.111. The Morgan fingerprint density at radius 1 is 1.40 bits per heavy atom. The van der Waals surface area contributed by atoms with Gasteiger partial charge >= 0.3 is 0 Å². The highest BCUT2D eigenvalue weighted by atomic mass is 35.5. The third-order valence-electron chi connectivity index (χ3n) is 2.63. The number of halogens is 1. The lowest BCUT2D eigenvalue weighted by molar-refractivity contribution is 1.05. The average Bonchev–Trinajstić information content (AvgIpc) is 2.17. The van der Waals surface area contributed by atoms with E-state index in [9.17, 15) is 4.79 Å². The van der Waals surface area contributed by atoms with Crippen molar-refractivity contribution in [2.24, 2.45) is 0 Å². The molecule has 1 aromatic carbocycles. The van der Waals surface area contributed by atoms with Crippen LogP contribution in [-0.2, 0) is 6.42 Å². The molecule has 0 unspecified atom stereocenters. The Kier molecular flexibility index (Phi) is 2.53. The van der Waals surface area contributed by atoms with Gasteiger partial charge in [0, 0.05) is 21.7 Å². The summed E-state index contributed by atoms with van der Waals surface area (Å²) in [5, 5.41) is 1.35. The largest absolute Gasteiger partial charge is 0.358 e. The summed E-state index contributed by atoms with van der Waals surface area (Å²) >= 11 is 5.87. The van der Waals surface area contributed by atoms with E-state index in [4.69, 9.17) is 11.6 Å². The van der Waals surface area contributed by atoms with Gasteiger partial charge in [-0.3, -0.25) is 4.79 Å². The second kappa shape index (κ2) is 3.70. The van der Waals surface area contributed by atoms with Crippen molar-refractivity contribution < 1.29 is 0 Å². The molecule has 0 aliphatic rings. The first kappa shape index (κ1) is 10.2. The average molecular weight is 222 g/mol. The third-order valence-corrected chi connectivity index (χ3v) is 2.86. The number of rotatable bonds is 1. The minimum Gasteiger partial charge on any atom is -0.358 e. The molecular weight excluding hydrogens is 210 g/mol. The highest BCUT2D eigenvalue weighted by Crippen LogP contribution is 2.16. The SMILES string of the molecule is CCc1c(C)[nH]c2cc(Cl)ccc2c1=O. The zero-order valence-corrected chi connectivity index (χ0v) is 9.48. The van der Waals surface area contributed by atoms with Crippen LogP contribution in [-0.4, -0.2) is 4.98 Å². The van der Waals surface area contributed by atoms with Crippen molar-refractivity contribution in [1.82, 2.24) is 4.98 Å². The van der Waals surface area contributed by atoms with Crippen molar-refractivity contribution in [3.63, 3.8) is 0 Å². The molecule has 3 heteroatoms. The van der Waals surface area contributed by atoms with Crippen molar-refractivity contribution in [3.8, 4) is 0 Å². The third kappa shape index (κ3) is 1.65. The van der Waals surface area contributed by atoms with Crippen LogP contribution in [0, 0.1) is 6.92 Å². The van der Waals surface area contributed by atoms with Crippen LogP contribution in [0.3, 0.4) is 0 Å². The zero-order valence-electron chi connectivity index (χ0n) is 8.73. The van der Waals surface area contributed by atoms with Crippen LogP contribution in [0.1, 0.15) is 18.2 Å². The summed E-state index contributed by atoms with van der Waals surface area (Å²) in [6.45, 7) is 3.90. The van der Waals surface area contributed by atoms with Crippen LogP contribution in [0.15, 0.2) is 23.0 Å². The van der Waals surface area contributed by atoms with E-state index in [0.717, 1.165) is 23.2 Å². The summed E-state index contributed by atoms with van der Waals surface area (Å²) in [6, 6.07) is 5.30. The number of fused-ring (bicyclic) bond motifs is 1. The summed E-state index contributed by atoms with van der Waals surface area (Å²) in [6.07, 6.45) is 0.750. The van der Waals surface area contributed by atoms with Gasteiger partial charge in [-0.1, -0.05) is 18.5 Å². The van der Waals surface area contributed by atoms with Gasteiger partial charge in [-0.25, -0.2) is 0 Å². The van der Waals surface area contributed by atoms with Gasteiger partial charge in [-0.2, -0.15) is 0 Å². The molecule has 0 atom stereocenters. The van der Waals surface area contributed by atoms with E-state index in [0.29, 0.717) is 10.4 Å². The number of H-pyrrole nitrogens is 1. The van der Waals surface area contributed by atoms with E-state index in [1.807, 2.05) is 13.8 Å². The number of pyridine rings is 1. The van der Waals surface area contributed by atoms with Crippen LogP contribution in [0.2, 0.25) is 5.02 Å². The van der Waals surface area contributed by atoms with Crippen molar-refractivity contribution in [3.05, 3.63) is 44.7 Å². The van der Waals surface area contributed by atoms with E-state index in [1.54, 1.807) is 18.2 Å². The topological polar surface area (TPSA) is 32.9 Å². The summed E-state index contributed by atoms with van der Waals surface area (Å²) in [5.41, 5.74) is 2.70. The summed E-state index contributed by atoms with van der Waals surface area (Å²) in [4.78, 5) is 15.2. The predicted octanol–water partition coefficient (Wildman–Crippen LogP) is 3.05. The second-order valence-corrected chi connectivity index (χ2v) is 4.04. The van der Waals surface area contributed by atoms with Crippen molar-refractivity contribution in [2.45, 2.75) is 20.3 Å². The van der Waals surface area contributed by atoms with Gasteiger partial charge in [0.1, 0.15) is 0 Å². The molecule has 0 saturated heterocycles. The molecule has 1 aromatic heterocycles. The molecule has 0 bridgehead atoms. The van der Waals surface area contributed by atoms with E-state index in [-0.39, 0.29) is 5.43 Å². The summed E-state index contributed by atoms with van der Waals surface area (Å²) in [5.74, 6) is 0. The number of nitrogens with one attached hydrogen (secondary N) is 1. The number of aromatic nitrogens is 1. The van der Waals surface area contributed by atoms with E-state index in [2.05, 4.69) is 4.98 Å². The maximum absolute atomic E-state index is 12.0. The molecule has 2 rings (SSSR count). The molecule has 0 saturated carbocycles. The lowest BCUT2D eigenvalue weighted by atomic mass is 10.1. The van der Waals surface area contributed by atoms with Gasteiger partial charge in [0.2, 0.25) is 0 Å². The molecule has 0 radical (unpaired) electrons. The fourth-order valence-electron chi connectivity index (χ4n) is 1.85. The van der Waals surface area contributed by atoms with E-state index < -0.39 is 0 Å². The van der Waals surface area contributed by atoms with Gasteiger partial charge in [0.15, 0.2) is 5.43 Å². The molecule has 1 N–H and O–H groups in total. The molecular formula is C12H12ClNO. The van der Waals surface area contributed by atoms with E-state index >= 15 is 0 Å². The Morgan fingerprint density at radius 3 is 2.80 bits per heavy atom. The Balaban J connectivity index is 2.91. The molecule has 78 valence electrons. The van der Waals surface area contributed by atoms with E-state index in [1.165, 1.54) is 0 Å². The second-order valence-electron chi connectivity index (χ2n) is 3.60. The standard InChI is InChI=1S/C12H12ClNO/c1-3-9-7(2)14-11-6-8(13)4-5-10(11)12(9)15/h4-6H,3H2,1-2H3,(H,14,15). The first-order valence-corrected chi connectivity index (χ1v) is 5.32. The van der Waals surface area contributed by atoms with Gasteiger partial charge in [-0.15, -0.1) is 0 Å². The maximum Gasteiger partial charge on any atom is 0.192 e. The molecule has 15 heavy (non-hydrogen) atoms. The molecule has 2 aromatic rings. The molecule has 0 aliphatic heterocycles. The van der Waals surface area contributed by atoms with Gasteiger partial charge in [-0.05, 0) is 31.5 Å². The lowest BCUT2D eigenvalue weighted by Crippen LogP contribution is -2.12. The molecule has 1 heterocycles. The Labute approximate surface area is 92.9 Å². The Bertz CT molecular complexity index is 572. The fraction of sp³-hybridized carbons (Fsp3) is 0.250. The fourth-order valence-corrected chi connectivity index (χ4v) is 2.03. The summed E-state index contributed by atoms with van der Waals surface area (Å²) < 4.78 is 0. The molecule has 0 amide bonds. The normalized spacial score (nSPS) is 10.9. The lowest BCUT2D eigenvalue weighted by Gasteiger charge is -2.05. The monoisotopic (exact) mass is 221 g/mol. The molecule has 0 spiro atoms. The number of aryl methyl sites for hydroxylation is 1. The Morgan fingerprint density at radius 2 is 2.13 bits per heavy atom. The van der Waals surface area contributed by atoms with Crippen LogP contribution in [0.25, 0.3) is 10.9 Å². The first-order valence-electron chi connectivity index (χ1n) is 4.94. The smallest absolute Gasteiger partial charge is 0.192 e. The van der Waals surface area contributed by atoms with Crippen LogP contribution in [0.5, 0.6) is 0 Å². The number of aromatic amines is 1. The van der Waals surface area contributed by atoms with Gasteiger partial charge < -0.3 is 4.98 Å². The Hall–Kier alpha value is -1.28. The number of benzene rings is 1. The van der Waals surface area contributed by atoms with Crippen molar-refractivity contribution in [1.29, 1.82) is 0 Å². The van der Waals surface area contributed by atoms with Crippen LogP contribution >= 0.6 is 11.6 Å². The zero-order chi connectivity index (χ0) is 11.0. The molecule has 0 fully saturated rings. The first-order chi connectivity index (χ1) is 7.13. The molecule has 2 nitrogen and oxygen atoms in total.